The standard InChI is InChI=1S/C24H25IN2O5S/c1-4-16-9-7-8-10-18(16)26-24-27(5-2)23(30)20(33-24)13-15-11-17(25)22(32-14-21(28)29)19(12-15)31-6-3/h7-13H,4-6,14H2,1-3H3,(H,28,29)/b20-13+,26-24?. The highest BCUT2D eigenvalue weighted by atomic mass is 127. The van der Waals surface area contributed by atoms with Crippen LogP contribution in [0.1, 0.15) is 31.9 Å². The summed E-state index contributed by atoms with van der Waals surface area (Å²) >= 11 is 3.41. The highest BCUT2D eigenvalue weighted by Gasteiger charge is 2.32. The Balaban J connectivity index is 1.96. The summed E-state index contributed by atoms with van der Waals surface area (Å²) in [5, 5.41) is 9.59. The van der Waals surface area contributed by atoms with Gasteiger partial charge in [-0.15, -0.1) is 0 Å². The predicted octanol–water partition coefficient (Wildman–Crippen LogP) is 5.34. The number of halogens is 1. The van der Waals surface area contributed by atoms with E-state index in [2.05, 4.69) is 29.5 Å². The summed E-state index contributed by atoms with van der Waals surface area (Å²) in [5.41, 5.74) is 2.75. The van der Waals surface area contributed by atoms with Gasteiger partial charge in [0.25, 0.3) is 5.91 Å². The van der Waals surface area contributed by atoms with Crippen molar-refractivity contribution in [3.05, 3.63) is 56.0 Å². The number of para-hydroxylation sites is 1. The number of hydrogen-bond donors (Lipinski definition) is 1. The van der Waals surface area contributed by atoms with E-state index >= 15 is 0 Å². The van der Waals surface area contributed by atoms with Crippen molar-refractivity contribution in [3.63, 3.8) is 0 Å². The van der Waals surface area contributed by atoms with Gasteiger partial charge in [-0.25, -0.2) is 9.79 Å². The first-order valence-electron chi connectivity index (χ1n) is 10.6. The van der Waals surface area contributed by atoms with Crippen LogP contribution in [0.5, 0.6) is 11.5 Å². The number of likely N-dealkylation sites (N-methyl/N-ethyl adjacent to an activating group) is 1. The van der Waals surface area contributed by atoms with Crippen molar-refractivity contribution in [1.29, 1.82) is 0 Å². The van der Waals surface area contributed by atoms with E-state index in [-0.39, 0.29) is 5.91 Å². The van der Waals surface area contributed by atoms with Gasteiger partial charge in [0, 0.05) is 6.54 Å². The van der Waals surface area contributed by atoms with Gasteiger partial charge < -0.3 is 14.6 Å². The average Bonchev–Trinajstić information content (AvgIpc) is 3.07. The minimum absolute atomic E-state index is 0.102. The molecule has 0 aromatic heterocycles. The van der Waals surface area contributed by atoms with E-state index < -0.39 is 12.6 Å². The zero-order valence-electron chi connectivity index (χ0n) is 18.6. The fourth-order valence-electron chi connectivity index (χ4n) is 3.25. The maximum atomic E-state index is 13.1. The Hall–Kier alpha value is -2.53. The summed E-state index contributed by atoms with van der Waals surface area (Å²) in [6.07, 6.45) is 2.66. The van der Waals surface area contributed by atoms with Crippen molar-refractivity contribution in [2.24, 2.45) is 4.99 Å². The molecular formula is C24H25IN2O5S. The molecule has 7 nitrogen and oxygen atoms in total. The third-order valence-electron chi connectivity index (χ3n) is 4.76. The zero-order valence-corrected chi connectivity index (χ0v) is 21.6. The van der Waals surface area contributed by atoms with E-state index in [1.165, 1.54) is 11.8 Å². The molecule has 1 heterocycles. The Morgan fingerprint density at radius 1 is 1.21 bits per heavy atom. The minimum Gasteiger partial charge on any atom is -0.490 e. The molecule has 0 radical (unpaired) electrons. The van der Waals surface area contributed by atoms with Gasteiger partial charge in [-0.1, -0.05) is 25.1 Å². The molecule has 1 saturated heterocycles. The van der Waals surface area contributed by atoms with Crippen molar-refractivity contribution in [2.75, 3.05) is 19.8 Å². The Kier molecular flexibility index (Phi) is 8.79. The van der Waals surface area contributed by atoms with Crippen LogP contribution < -0.4 is 9.47 Å². The molecule has 3 rings (SSSR count). The number of carboxylic acid groups (broad SMARTS) is 1. The van der Waals surface area contributed by atoms with Crippen LogP contribution in [0.25, 0.3) is 6.08 Å². The predicted molar refractivity (Wildman–Crippen MR) is 139 cm³/mol. The number of hydrogen-bond acceptors (Lipinski definition) is 6. The van der Waals surface area contributed by atoms with Crippen LogP contribution >= 0.6 is 34.4 Å². The molecule has 1 N–H and O–H groups in total. The molecule has 9 heteroatoms. The number of carbonyl (C=O) groups is 2. The van der Waals surface area contributed by atoms with Gasteiger partial charge in [0.2, 0.25) is 0 Å². The maximum absolute atomic E-state index is 13.1. The molecular weight excluding hydrogens is 555 g/mol. The van der Waals surface area contributed by atoms with Crippen molar-refractivity contribution < 1.29 is 24.2 Å². The lowest BCUT2D eigenvalue weighted by Gasteiger charge is -2.14. The number of nitrogens with zero attached hydrogens (tertiary/aromatic N) is 2. The number of amidine groups is 1. The molecule has 0 bridgehead atoms. The van der Waals surface area contributed by atoms with Crippen LogP contribution in [0.3, 0.4) is 0 Å². The van der Waals surface area contributed by atoms with Gasteiger partial charge in [0.1, 0.15) is 0 Å². The minimum atomic E-state index is -1.07. The number of aliphatic carboxylic acids is 1. The Morgan fingerprint density at radius 2 is 1.97 bits per heavy atom. The number of amides is 1. The third kappa shape index (κ3) is 6.08. The number of ether oxygens (including phenoxy) is 2. The Bertz CT molecular complexity index is 1120. The van der Waals surface area contributed by atoms with E-state index in [0.717, 1.165) is 23.2 Å². The summed E-state index contributed by atoms with van der Waals surface area (Å²) in [6.45, 7) is 6.29. The summed E-state index contributed by atoms with van der Waals surface area (Å²) in [6, 6.07) is 11.5. The molecule has 2 aromatic rings. The molecule has 1 amide bonds. The molecule has 2 aromatic carbocycles. The maximum Gasteiger partial charge on any atom is 0.341 e. The first kappa shape index (κ1) is 25.1. The summed E-state index contributed by atoms with van der Waals surface area (Å²) in [5.74, 6) is -0.356. The third-order valence-corrected chi connectivity index (χ3v) is 6.57. The summed E-state index contributed by atoms with van der Waals surface area (Å²) in [4.78, 5) is 31.0. The number of rotatable bonds is 9. The second kappa shape index (κ2) is 11.6. The lowest BCUT2D eigenvalue weighted by atomic mass is 10.1. The summed E-state index contributed by atoms with van der Waals surface area (Å²) < 4.78 is 11.8. The number of carboxylic acids is 1. The van der Waals surface area contributed by atoms with E-state index in [4.69, 9.17) is 19.6 Å². The van der Waals surface area contributed by atoms with Crippen molar-refractivity contribution in [3.8, 4) is 11.5 Å². The SMILES string of the molecule is CCOc1cc(/C=C2/SC(=Nc3ccccc3CC)N(CC)C2=O)cc(I)c1OCC(=O)O. The van der Waals surface area contributed by atoms with E-state index in [1.807, 2.05) is 44.2 Å². The summed E-state index contributed by atoms with van der Waals surface area (Å²) in [7, 11) is 0. The molecule has 1 aliphatic rings. The van der Waals surface area contributed by atoms with E-state index in [0.29, 0.717) is 38.3 Å². The molecule has 0 saturated carbocycles. The molecule has 0 spiro atoms. The lowest BCUT2D eigenvalue weighted by Crippen LogP contribution is -2.28. The van der Waals surface area contributed by atoms with Crippen LogP contribution in [-0.2, 0) is 16.0 Å². The number of thioether (sulfide) groups is 1. The van der Waals surface area contributed by atoms with Crippen LogP contribution in [0.4, 0.5) is 5.69 Å². The van der Waals surface area contributed by atoms with Crippen molar-refractivity contribution in [1.82, 2.24) is 4.90 Å². The first-order chi connectivity index (χ1) is 15.9. The molecule has 1 fully saturated rings. The van der Waals surface area contributed by atoms with E-state index in [9.17, 15) is 9.59 Å². The van der Waals surface area contributed by atoms with Crippen molar-refractivity contribution in [2.45, 2.75) is 27.2 Å². The van der Waals surface area contributed by atoms with E-state index in [1.54, 1.807) is 17.0 Å². The Labute approximate surface area is 211 Å². The quantitative estimate of drug-likeness (QED) is 0.318. The fraction of sp³-hybridized carbons (Fsp3) is 0.292. The van der Waals surface area contributed by atoms with Gasteiger partial charge in [-0.2, -0.15) is 0 Å². The molecule has 0 aliphatic carbocycles. The largest absolute Gasteiger partial charge is 0.490 e. The van der Waals surface area contributed by atoms with Crippen molar-refractivity contribution >= 4 is 63.2 Å². The molecule has 1 aliphatic heterocycles. The van der Waals surface area contributed by atoms with Gasteiger partial charge in [-0.05, 0) is 90.0 Å². The van der Waals surface area contributed by atoms with Gasteiger partial charge in [0.05, 0.1) is 20.8 Å². The monoisotopic (exact) mass is 580 g/mol. The van der Waals surface area contributed by atoms with Crippen LogP contribution in [0.2, 0.25) is 0 Å². The number of aryl methyl sites for hydroxylation is 1. The topological polar surface area (TPSA) is 88.4 Å². The van der Waals surface area contributed by atoms with Gasteiger partial charge in [-0.3, -0.25) is 9.69 Å². The van der Waals surface area contributed by atoms with Gasteiger partial charge in [0.15, 0.2) is 23.3 Å². The smallest absolute Gasteiger partial charge is 0.341 e. The first-order valence-corrected chi connectivity index (χ1v) is 12.5. The normalized spacial score (nSPS) is 16.0. The number of aliphatic imine (C=N–C) groups is 1. The highest BCUT2D eigenvalue weighted by molar-refractivity contribution is 14.1. The Morgan fingerprint density at radius 3 is 2.64 bits per heavy atom. The van der Waals surface area contributed by atoms with Crippen LogP contribution in [0, 0.1) is 3.57 Å². The molecule has 0 atom stereocenters. The number of benzene rings is 2. The molecule has 174 valence electrons. The number of carbonyl (C=O) groups excluding carboxylic acids is 1. The zero-order chi connectivity index (χ0) is 24.0. The van der Waals surface area contributed by atoms with Crippen LogP contribution in [0.15, 0.2) is 46.3 Å². The second-order valence-electron chi connectivity index (χ2n) is 6.98. The molecule has 33 heavy (non-hydrogen) atoms. The fourth-order valence-corrected chi connectivity index (χ4v) is 5.09. The average molecular weight is 580 g/mol. The van der Waals surface area contributed by atoms with Gasteiger partial charge >= 0.3 is 5.97 Å². The van der Waals surface area contributed by atoms with Crippen LogP contribution in [-0.4, -0.2) is 46.8 Å². The lowest BCUT2D eigenvalue weighted by molar-refractivity contribution is -0.139. The molecule has 0 unspecified atom stereocenters. The second-order valence-corrected chi connectivity index (χ2v) is 9.15. The highest BCUT2D eigenvalue weighted by Crippen LogP contribution is 2.38.